The Labute approximate surface area is 108 Å². The van der Waals surface area contributed by atoms with Crippen molar-refractivity contribution in [1.29, 1.82) is 0 Å². The summed E-state index contributed by atoms with van der Waals surface area (Å²) in [6, 6.07) is 6.49. The van der Waals surface area contributed by atoms with Crippen molar-refractivity contribution in [3.8, 4) is 5.69 Å². The fourth-order valence-corrected chi connectivity index (χ4v) is 1.34. The minimum atomic E-state index is -0.982. The van der Waals surface area contributed by atoms with Crippen LogP contribution in [-0.2, 0) is 9.53 Å². The molecule has 98 valence electrons. The molecular weight excluding hydrogens is 250 g/mol. The van der Waals surface area contributed by atoms with Gasteiger partial charge in [0, 0.05) is 0 Å². The van der Waals surface area contributed by atoms with Gasteiger partial charge >= 0.3 is 5.97 Å². The number of nitrogens with two attached hydrogens (primary N) is 1. The normalized spacial score (nSPS) is 11.8. The molecule has 0 aliphatic heterocycles. The van der Waals surface area contributed by atoms with E-state index in [0.717, 1.165) is 0 Å². The van der Waals surface area contributed by atoms with Crippen molar-refractivity contribution in [3.63, 3.8) is 0 Å². The van der Waals surface area contributed by atoms with E-state index in [0.29, 0.717) is 5.69 Å². The largest absolute Gasteiger partial charge is 0.449 e. The fourth-order valence-electron chi connectivity index (χ4n) is 1.34. The molecule has 1 heterocycles. The highest BCUT2D eigenvalue weighted by Gasteiger charge is 2.16. The molecule has 0 aliphatic rings. The fraction of sp³-hybridized carbons (Fsp3) is 0.182. The number of primary amides is 1. The van der Waals surface area contributed by atoms with Crippen LogP contribution in [0.5, 0.6) is 0 Å². The van der Waals surface area contributed by atoms with Gasteiger partial charge in [0.2, 0.25) is 0 Å². The zero-order valence-electron chi connectivity index (χ0n) is 10.1. The van der Waals surface area contributed by atoms with Crippen LogP contribution < -0.4 is 5.73 Å². The molecule has 1 unspecified atom stereocenters. The highest BCUT2D eigenvalue weighted by Crippen LogP contribution is 2.10. The van der Waals surface area contributed by atoms with Crippen molar-refractivity contribution < 1.29 is 14.3 Å². The summed E-state index contributed by atoms with van der Waals surface area (Å²) in [5.41, 5.74) is 5.90. The quantitative estimate of drug-likeness (QED) is 0.755. The Morgan fingerprint density at radius 3 is 2.84 bits per heavy atom. The Morgan fingerprint density at radius 1 is 1.42 bits per heavy atom. The van der Waals surface area contributed by atoms with E-state index >= 15 is 0 Å². The molecule has 0 saturated heterocycles. The van der Waals surface area contributed by atoms with Gasteiger partial charge in [0.15, 0.2) is 6.10 Å². The molecule has 2 N–H and O–H groups in total. The second-order valence-corrected chi connectivity index (χ2v) is 3.75. The van der Waals surface area contributed by atoms with E-state index in [9.17, 15) is 9.59 Å². The smallest absolute Gasteiger partial charge is 0.338 e. The lowest BCUT2D eigenvalue weighted by Crippen LogP contribution is -2.30. The monoisotopic (exact) mass is 261 g/mol. The summed E-state index contributed by atoms with van der Waals surface area (Å²) < 4.78 is 6.29. The Bertz CT molecular complexity index is 596. The van der Waals surface area contributed by atoms with Crippen molar-refractivity contribution in [3.05, 3.63) is 36.2 Å². The van der Waals surface area contributed by atoms with Crippen molar-refractivity contribution in [2.75, 3.05) is 0 Å². The molecule has 0 bridgehead atoms. The number of tetrazole rings is 1. The third-order valence-electron chi connectivity index (χ3n) is 2.38. The number of hydrogen-bond acceptors (Lipinski definition) is 6. The molecule has 1 amide bonds. The number of nitrogens with zero attached hydrogens (tertiary/aromatic N) is 4. The Kier molecular flexibility index (Phi) is 3.51. The number of aromatic nitrogens is 4. The van der Waals surface area contributed by atoms with Crippen LogP contribution in [0.1, 0.15) is 17.3 Å². The SMILES string of the molecule is CC(OC(=O)c1cccc(-n2cnnn2)c1)C(N)=O. The van der Waals surface area contributed by atoms with E-state index in [-0.39, 0.29) is 5.56 Å². The topological polar surface area (TPSA) is 113 Å². The molecule has 19 heavy (non-hydrogen) atoms. The minimum absolute atomic E-state index is 0.279. The van der Waals surface area contributed by atoms with Gasteiger partial charge in [-0.2, -0.15) is 0 Å². The van der Waals surface area contributed by atoms with Crippen molar-refractivity contribution >= 4 is 11.9 Å². The standard InChI is InChI=1S/C11H11N5O3/c1-7(10(12)17)19-11(18)8-3-2-4-9(5-8)16-6-13-14-15-16/h2-7H,1H3,(H2,12,17). The molecule has 1 aromatic heterocycles. The van der Waals surface area contributed by atoms with Gasteiger partial charge < -0.3 is 10.5 Å². The average molecular weight is 261 g/mol. The zero-order chi connectivity index (χ0) is 13.8. The summed E-state index contributed by atoms with van der Waals surface area (Å²) in [6.45, 7) is 1.41. The summed E-state index contributed by atoms with van der Waals surface area (Å²) in [5, 5.41) is 10.7. The molecule has 2 rings (SSSR count). The average Bonchev–Trinajstić information content (AvgIpc) is 2.92. The maximum atomic E-state index is 11.8. The number of ether oxygens (including phenoxy) is 1. The van der Waals surface area contributed by atoms with Crippen LogP contribution in [0, 0.1) is 0 Å². The number of esters is 1. The predicted molar refractivity (Wildman–Crippen MR) is 63.2 cm³/mol. The summed E-state index contributed by atoms with van der Waals surface area (Å²) in [6.07, 6.45) is 0.417. The van der Waals surface area contributed by atoms with Gasteiger partial charge in [0.05, 0.1) is 11.3 Å². The molecular formula is C11H11N5O3. The highest BCUT2D eigenvalue weighted by atomic mass is 16.5. The van der Waals surface area contributed by atoms with E-state index in [2.05, 4.69) is 15.5 Å². The Hall–Kier alpha value is -2.77. The Morgan fingerprint density at radius 2 is 2.21 bits per heavy atom. The Balaban J connectivity index is 2.19. The lowest BCUT2D eigenvalue weighted by Gasteiger charge is -2.10. The van der Waals surface area contributed by atoms with Crippen LogP contribution in [0.4, 0.5) is 0 Å². The van der Waals surface area contributed by atoms with E-state index < -0.39 is 18.0 Å². The molecule has 0 saturated carbocycles. The molecule has 8 heteroatoms. The van der Waals surface area contributed by atoms with Crippen LogP contribution in [0.25, 0.3) is 5.69 Å². The summed E-state index contributed by atoms with van der Waals surface area (Å²) >= 11 is 0. The first-order valence-corrected chi connectivity index (χ1v) is 5.41. The van der Waals surface area contributed by atoms with Crippen molar-refractivity contribution in [1.82, 2.24) is 20.2 Å². The van der Waals surface area contributed by atoms with Gasteiger partial charge in [-0.3, -0.25) is 4.79 Å². The van der Waals surface area contributed by atoms with Gasteiger partial charge in [-0.25, -0.2) is 9.48 Å². The number of rotatable bonds is 4. The van der Waals surface area contributed by atoms with Gasteiger partial charge in [-0.05, 0) is 35.5 Å². The molecule has 0 spiro atoms. The first-order chi connectivity index (χ1) is 9.08. The second kappa shape index (κ2) is 5.25. The maximum absolute atomic E-state index is 11.8. The lowest BCUT2D eigenvalue weighted by molar-refractivity contribution is -0.125. The van der Waals surface area contributed by atoms with Crippen molar-refractivity contribution in [2.45, 2.75) is 13.0 Å². The summed E-state index contributed by atoms with van der Waals surface area (Å²) in [4.78, 5) is 22.6. The molecule has 0 aliphatic carbocycles. The van der Waals surface area contributed by atoms with Crippen LogP contribution in [0.2, 0.25) is 0 Å². The number of hydrogen-bond donors (Lipinski definition) is 1. The third kappa shape index (κ3) is 2.92. The van der Waals surface area contributed by atoms with E-state index in [1.54, 1.807) is 24.3 Å². The molecule has 0 fully saturated rings. The van der Waals surface area contributed by atoms with Crippen molar-refractivity contribution in [2.24, 2.45) is 5.73 Å². The molecule has 1 aromatic carbocycles. The minimum Gasteiger partial charge on any atom is -0.449 e. The first-order valence-electron chi connectivity index (χ1n) is 5.41. The predicted octanol–water partition coefficient (Wildman–Crippen LogP) is -0.307. The van der Waals surface area contributed by atoms with E-state index in [1.165, 1.54) is 17.9 Å². The van der Waals surface area contributed by atoms with E-state index in [4.69, 9.17) is 10.5 Å². The number of carbonyl (C=O) groups excluding carboxylic acids is 2. The number of amides is 1. The van der Waals surface area contributed by atoms with Crippen LogP contribution in [0.3, 0.4) is 0 Å². The van der Waals surface area contributed by atoms with Gasteiger partial charge in [0.1, 0.15) is 6.33 Å². The highest BCUT2D eigenvalue weighted by molar-refractivity contribution is 5.92. The van der Waals surface area contributed by atoms with Crippen LogP contribution >= 0.6 is 0 Å². The number of benzene rings is 1. The molecule has 2 aromatic rings. The van der Waals surface area contributed by atoms with Crippen LogP contribution in [0.15, 0.2) is 30.6 Å². The first kappa shape index (κ1) is 12.7. The lowest BCUT2D eigenvalue weighted by atomic mass is 10.2. The maximum Gasteiger partial charge on any atom is 0.338 e. The zero-order valence-corrected chi connectivity index (χ0v) is 10.1. The van der Waals surface area contributed by atoms with Crippen LogP contribution in [-0.4, -0.2) is 38.2 Å². The summed E-state index contributed by atoms with van der Waals surface area (Å²) in [5.74, 6) is -1.34. The molecule has 8 nitrogen and oxygen atoms in total. The van der Waals surface area contributed by atoms with Gasteiger partial charge in [0.25, 0.3) is 5.91 Å². The molecule has 1 atom stereocenters. The third-order valence-corrected chi connectivity index (χ3v) is 2.38. The van der Waals surface area contributed by atoms with E-state index in [1.807, 2.05) is 0 Å². The summed E-state index contributed by atoms with van der Waals surface area (Å²) in [7, 11) is 0. The molecule has 0 radical (unpaired) electrons. The van der Waals surface area contributed by atoms with Gasteiger partial charge in [-0.15, -0.1) is 5.10 Å². The van der Waals surface area contributed by atoms with Gasteiger partial charge in [-0.1, -0.05) is 6.07 Å². The second-order valence-electron chi connectivity index (χ2n) is 3.75. The number of carbonyl (C=O) groups is 2.